The number of likely N-dealkylation sites (tertiary alicyclic amines) is 1. The number of nitrogens with zero attached hydrogens (tertiary/aromatic N) is 1. The molecule has 4 heteroatoms. The van der Waals surface area contributed by atoms with Crippen LogP contribution < -0.4 is 0 Å². The number of piperidine rings is 1. The van der Waals surface area contributed by atoms with Crippen LogP contribution in [0.1, 0.15) is 38.3 Å². The lowest BCUT2D eigenvalue weighted by Crippen LogP contribution is -2.38. The van der Waals surface area contributed by atoms with Gasteiger partial charge in [-0.25, -0.2) is 0 Å². The molecule has 0 spiro atoms. The molecule has 19 heavy (non-hydrogen) atoms. The SMILES string of the molecule is CCOC1CCN(C(C)c2cc(Cl)ccc2O)CC1. The fourth-order valence-electron chi connectivity index (χ4n) is 2.72. The lowest BCUT2D eigenvalue weighted by Gasteiger charge is -2.36. The molecule has 106 valence electrons. The first-order valence-corrected chi connectivity index (χ1v) is 7.33. The van der Waals surface area contributed by atoms with Crippen LogP contribution in [-0.2, 0) is 4.74 Å². The maximum atomic E-state index is 9.96. The van der Waals surface area contributed by atoms with Crippen LogP contribution in [-0.4, -0.2) is 35.8 Å². The number of aromatic hydroxyl groups is 1. The summed E-state index contributed by atoms with van der Waals surface area (Å²) in [6.45, 7) is 6.94. The molecule has 1 heterocycles. The minimum absolute atomic E-state index is 0.182. The molecule has 0 saturated carbocycles. The lowest BCUT2D eigenvalue weighted by atomic mass is 10.0. The van der Waals surface area contributed by atoms with E-state index in [0.29, 0.717) is 16.9 Å². The molecule has 1 fully saturated rings. The summed E-state index contributed by atoms with van der Waals surface area (Å²) in [5.41, 5.74) is 0.905. The van der Waals surface area contributed by atoms with Gasteiger partial charge in [-0.1, -0.05) is 11.6 Å². The fraction of sp³-hybridized carbons (Fsp3) is 0.600. The zero-order valence-corrected chi connectivity index (χ0v) is 12.4. The van der Waals surface area contributed by atoms with E-state index >= 15 is 0 Å². The lowest BCUT2D eigenvalue weighted by molar-refractivity contribution is 0.00537. The van der Waals surface area contributed by atoms with E-state index in [1.54, 1.807) is 12.1 Å². The highest BCUT2D eigenvalue weighted by atomic mass is 35.5. The fourth-order valence-corrected chi connectivity index (χ4v) is 2.90. The van der Waals surface area contributed by atoms with Gasteiger partial charge in [-0.2, -0.15) is 0 Å². The minimum Gasteiger partial charge on any atom is -0.508 e. The van der Waals surface area contributed by atoms with Crippen molar-refractivity contribution in [2.45, 2.75) is 38.8 Å². The Morgan fingerprint density at radius 2 is 2.11 bits per heavy atom. The van der Waals surface area contributed by atoms with Gasteiger partial charge in [0, 0.05) is 36.3 Å². The maximum Gasteiger partial charge on any atom is 0.120 e. The van der Waals surface area contributed by atoms with Crippen molar-refractivity contribution in [2.24, 2.45) is 0 Å². The molecular weight excluding hydrogens is 262 g/mol. The molecule has 0 aliphatic carbocycles. The van der Waals surface area contributed by atoms with Crippen molar-refractivity contribution in [3.8, 4) is 5.75 Å². The largest absolute Gasteiger partial charge is 0.508 e. The predicted molar refractivity (Wildman–Crippen MR) is 77.8 cm³/mol. The van der Waals surface area contributed by atoms with Crippen LogP contribution in [0.4, 0.5) is 0 Å². The molecular formula is C15H22ClNO2. The van der Waals surface area contributed by atoms with Crippen molar-refractivity contribution in [2.75, 3.05) is 19.7 Å². The van der Waals surface area contributed by atoms with E-state index in [1.807, 2.05) is 13.0 Å². The van der Waals surface area contributed by atoms with E-state index in [2.05, 4.69) is 11.8 Å². The van der Waals surface area contributed by atoms with Gasteiger partial charge in [0.05, 0.1) is 6.10 Å². The van der Waals surface area contributed by atoms with Gasteiger partial charge in [0.25, 0.3) is 0 Å². The molecule has 1 unspecified atom stereocenters. The zero-order valence-electron chi connectivity index (χ0n) is 11.6. The molecule has 0 bridgehead atoms. The van der Waals surface area contributed by atoms with Crippen molar-refractivity contribution in [3.05, 3.63) is 28.8 Å². The molecule has 0 radical (unpaired) electrons. The Balaban J connectivity index is 2.01. The van der Waals surface area contributed by atoms with Gasteiger partial charge in [-0.15, -0.1) is 0 Å². The van der Waals surface area contributed by atoms with Crippen molar-refractivity contribution in [3.63, 3.8) is 0 Å². The molecule has 2 rings (SSSR count). The van der Waals surface area contributed by atoms with Crippen molar-refractivity contribution in [1.82, 2.24) is 4.90 Å². The molecule has 0 aromatic heterocycles. The second kappa shape index (κ2) is 6.60. The van der Waals surface area contributed by atoms with Crippen LogP contribution in [0, 0.1) is 0 Å². The Kier molecular flexibility index (Phi) is 5.08. The summed E-state index contributed by atoms with van der Waals surface area (Å²) in [6, 6.07) is 5.42. The molecule has 1 atom stereocenters. The summed E-state index contributed by atoms with van der Waals surface area (Å²) in [4.78, 5) is 2.38. The number of phenolic OH excluding ortho intramolecular Hbond substituents is 1. The van der Waals surface area contributed by atoms with Gasteiger partial charge in [-0.3, -0.25) is 4.90 Å². The average Bonchev–Trinajstić information content (AvgIpc) is 2.42. The number of rotatable bonds is 4. The third-order valence-corrected chi connectivity index (χ3v) is 4.10. The van der Waals surface area contributed by atoms with Gasteiger partial charge < -0.3 is 9.84 Å². The highest BCUT2D eigenvalue weighted by Gasteiger charge is 2.25. The molecule has 1 aliphatic rings. The Morgan fingerprint density at radius 3 is 2.74 bits per heavy atom. The predicted octanol–water partition coefficient (Wildman–Crippen LogP) is 3.61. The topological polar surface area (TPSA) is 32.7 Å². The second-order valence-corrected chi connectivity index (χ2v) is 5.51. The maximum absolute atomic E-state index is 9.96. The number of hydrogen-bond acceptors (Lipinski definition) is 3. The summed E-state index contributed by atoms with van der Waals surface area (Å²) >= 11 is 6.01. The van der Waals surface area contributed by atoms with Gasteiger partial charge in [-0.05, 0) is 44.9 Å². The zero-order chi connectivity index (χ0) is 13.8. The number of hydrogen-bond donors (Lipinski definition) is 1. The Labute approximate surface area is 120 Å². The van der Waals surface area contributed by atoms with Crippen LogP contribution >= 0.6 is 11.6 Å². The molecule has 1 saturated heterocycles. The molecule has 0 amide bonds. The standard InChI is InChI=1S/C15H22ClNO2/c1-3-19-13-6-8-17(9-7-13)11(2)14-10-12(16)4-5-15(14)18/h4-5,10-11,13,18H,3,6-9H2,1-2H3. The van der Waals surface area contributed by atoms with E-state index in [0.717, 1.165) is 38.1 Å². The molecule has 1 aliphatic heterocycles. The molecule has 1 aromatic rings. The highest BCUT2D eigenvalue weighted by molar-refractivity contribution is 6.30. The van der Waals surface area contributed by atoms with Gasteiger partial charge in [0.2, 0.25) is 0 Å². The Hall–Kier alpha value is -0.770. The first kappa shape index (κ1) is 14.6. The summed E-state index contributed by atoms with van der Waals surface area (Å²) in [7, 11) is 0. The number of benzene rings is 1. The van der Waals surface area contributed by atoms with Crippen LogP contribution in [0.2, 0.25) is 5.02 Å². The Morgan fingerprint density at radius 1 is 1.42 bits per heavy atom. The summed E-state index contributed by atoms with van der Waals surface area (Å²) in [6.07, 6.45) is 2.50. The summed E-state index contributed by atoms with van der Waals surface area (Å²) < 4.78 is 5.66. The van der Waals surface area contributed by atoms with E-state index in [9.17, 15) is 5.11 Å². The second-order valence-electron chi connectivity index (χ2n) is 5.07. The van der Waals surface area contributed by atoms with E-state index < -0.39 is 0 Å². The third-order valence-electron chi connectivity index (χ3n) is 3.87. The monoisotopic (exact) mass is 283 g/mol. The van der Waals surface area contributed by atoms with Crippen molar-refractivity contribution < 1.29 is 9.84 Å². The Bertz CT molecular complexity index is 417. The molecule has 3 nitrogen and oxygen atoms in total. The van der Waals surface area contributed by atoms with Crippen LogP contribution in [0.3, 0.4) is 0 Å². The van der Waals surface area contributed by atoms with Gasteiger partial charge in [0.1, 0.15) is 5.75 Å². The number of ether oxygens (including phenoxy) is 1. The van der Waals surface area contributed by atoms with Crippen LogP contribution in [0.25, 0.3) is 0 Å². The smallest absolute Gasteiger partial charge is 0.120 e. The summed E-state index contributed by atoms with van der Waals surface area (Å²) in [5, 5.41) is 10.6. The van der Waals surface area contributed by atoms with Crippen LogP contribution in [0.5, 0.6) is 5.75 Å². The highest BCUT2D eigenvalue weighted by Crippen LogP contribution is 2.32. The normalized spacial score (nSPS) is 19.5. The number of halogens is 1. The third kappa shape index (κ3) is 3.62. The van der Waals surface area contributed by atoms with Crippen LogP contribution in [0.15, 0.2) is 18.2 Å². The minimum atomic E-state index is 0.182. The number of phenols is 1. The van der Waals surface area contributed by atoms with Gasteiger partial charge in [0.15, 0.2) is 0 Å². The summed E-state index contributed by atoms with van der Waals surface area (Å²) in [5.74, 6) is 0.323. The van der Waals surface area contributed by atoms with E-state index in [-0.39, 0.29) is 6.04 Å². The first-order valence-electron chi connectivity index (χ1n) is 6.96. The quantitative estimate of drug-likeness (QED) is 0.916. The molecule has 1 aromatic carbocycles. The average molecular weight is 284 g/mol. The van der Waals surface area contributed by atoms with Gasteiger partial charge >= 0.3 is 0 Å². The van der Waals surface area contributed by atoms with Crippen molar-refractivity contribution >= 4 is 11.6 Å². The van der Waals surface area contributed by atoms with Crippen molar-refractivity contribution in [1.29, 1.82) is 0 Å². The van der Waals surface area contributed by atoms with E-state index in [1.165, 1.54) is 0 Å². The van der Waals surface area contributed by atoms with E-state index in [4.69, 9.17) is 16.3 Å². The first-order chi connectivity index (χ1) is 9.11. The molecule has 1 N–H and O–H groups in total.